The van der Waals surface area contributed by atoms with Gasteiger partial charge in [-0.15, -0.1) is 0 Å². The average molecular weight is 288 g/mol. The van der Waals surface area contributed by atoms with E-state index in [1.807, 2.05) is 43.3 Å². The molecule has 0 spiro atoms. The van der Waals surface area contributed by atoms with Crippen LogP contribution in [-0.2, 0) is 6.54 Å². The average Bonchev–Trinajstić information content (AvgIpc) is 3.26. The molecule has 0 radical (unpaired) electrons. The Hall–Kier alpha value is -1.51. The van der Waals surface area contributed by atoms with E-state index in [-0.39, 0.29) is 0 Å². The lowest BCUT2D eigenvalue weighted by atomic mass is 10.2. The molecule has 0 saturated heterocycles. The number of hydrogen-bond acceptors (Lipinski definition) is 2. The molecule has 0 aromatic heterocycles. The number of rotatable bonds is 5. The standard InChI is InChI=1S/C17H18ClNO/c1-12-6-7-14(18)10-17(12)20-16-5-3-2-4-13(16)11-19-15-8-9-15/h2-7,10,15,19H,8-9,11H2,1H3. The van der Waals surface area contributed by atoms with Gasteiger partial charge in [-0.1, -0.05) is 35.9 Å². The molecular weight excluding hydrogens is 270 g/mol. The summed E-state index contributed by atoms with van der Waals surface area (Å²) < 4.78 is 6.05. The Kier molecular flexibility index (Phi) is 3.95. The molecule has 0 unspecified atom stereocenters. The lowest BCUT2D eigenvalue weighted by Gasteiger charge is -2.13. The van der Waals surface area contributed by atoms with Crippen molar-refractivity contribution in [1.29, 1.82) is 0 Å². The van der Waals surface area contributed by atoms with Crippen molar-refractivity contribution in [3.63, 3.8) is 0 Å². The molecule has 2 aromatic carbocycles. The topological polar surface area (TPSA) is 21.3 Å². The molecule has 3 rings (SSSR count). The fourth-order valence-electron chi connectivity index (χ4n) is 2.09. The number of ether oxygens (including phenoxy) is 1. The molecule has 0 aliphatic heterocycles. The number of nitrogens with one attached hydrogen (secondary N) is 1. The van der Waals surface area contributed by atoms with Crippen molar-refractivity contribution in [1.82, 2.24) is 5.32 Å². The number of hydrogen-bond donors (Lipinski definition) is 1. The van der Waals surface area contributed by atoms with Crippen LogP contribution in [-0.4, -0.2) is 6.04 Å². The van der Waals surface area contributed by atoms with Crippen LogP contribution < -0.4 is 10.1 Å². The molecule has 1 aliphatic rings. The van der Waals surface area contributed by atoms with Gasteiger partial charge in [-0.2, -0.15) is 0 Å². The molecule has 0 amide bonds. The second kappa shape index (κ2) is 5.86. The summed E-state index contributed by atoms with van der Waals surface area (Å²) in [6, 6.07) is 14.6. The Morgan fingerprint density at radius 1 is 1.15 bits per heavy atom. The van der Waals surface area contributed by atoms with E-state index in [0.29, 0.717) is 11.1 Å². The third-order valence-electron chi connectivity index (χ3n) is 3.50. The largest absolute Gasteiger partial charge is 0.457 e. The maximum absolute atomic E-state index is 6.05. The SMILES string of the molecule is Cc1ccc(Cl)cc1Oc1ccccc1CNC1CC1. The molecule has 104 valence electrons. The van der Waals surface area contributed by atoms with E-state index in [2.05, 4.69) is 11.4 Å². The fourth-order valence-corrected chi connectivity index (χ4v) is 2.26. The lowest BCUT2D eigenvalue weighted by molar-refractivity contribution is 0.469. The summed E-state index contributed by atoms with van der Waals surface area (Å²) in [6.45, 7) is 2.87. The van der Waals surface area contributed by atoms with Crippen molar-refractivity contribution in [2.75, 3.05) is 0 Å². The molecule has 0 atom stereocenters. The highest BCUT2D eigenvalue weighted by Gasteiger charge is 2.20. The van der Waals surface area contributed by atoms with Gasteiger partial charge < -0.3 is 10.1 Å². The highest BCUT2D eigenvalue weighted by atomic mass is 35.5. The zero-order chi connectivity index (χ0) is 13.9. The molecule has 3 heteroatoms. The lowest BCUT2D eigenvalue weighted by Crippen LogP contribution is -2.15. The van der Waals surface area contributed by atoms with Gasteiger partial charge in [0.2, 0.25) is 0 Å². The van der Waals surface area contributed by atoms with E-state index in [1.165, 1.54) is 18.4 Å². The Morgan fingerprint density at radius 3 is 2.75 bits per heavy atom. The number of para-hydroxylation sites is 1. The molecule has 20 heavy (non-hydrogen) atoms. The quantitative estimate of drug-likeness (QED) is 0.861. The summed E-state index contributed by atoms with van der Waals surface area (Å²) in [5.41, 5.74) is 2.26. The predicted molar refractivity (Wildman–Crippen MR) is 82.6 cm³/mol. The summed E-state index contributed by atoms with van der Waals surface area (Å²) in [5.74, 6) is 1.71. The minimum absolute atomic E-state index is 0.691. The predicted octanol–water partition coefficient (Wildman–Crippen LogP) is 4.69. The Balaban J connectivity index is 1.80. The van der Waals surface area contributed by atoms with E-state index >= 15 is 0 Å². The molecule has 1 fully saturated rings. The summed E-state index contributed by atoms with van der Waals surface area (Å²) in [4.78, 5) is 0. The molecule has 1 saturated carbocycles. The third kappa shape index (κ3) is 3.33. The van der Waals surface area contributed by atoms with Crippen molar-refractivity contribution >= 4 is 11.6 Å². The van der Waals surface area contributed by atoms with Gasteiger partial charge in [-0.05, 0) is 43.5 Å². The minimum atomic E-state index is 0.691. The van der Waals surface area contributed by atoms with Crippen molar-refractivity contribution in [2.24, 2.45) is 0 Å². The third-order valence-corrected chi connectivity index (χ3v) is 3.74. The van der Waals surface area contributed by atoms with Crippen molar-refractivity contribution < 1.29 is 4.74 Å². The molecule has 2 aromatic rings. The van der Waals surface area contributed by atoms with Gasteiger partial charge in [0.1, 0.15) is 11.5 Å². The van der Waals surface area contributed by atoms with Crippen LogP contribution in [0.3, 0.4) is 0 Å². The maximum Gasteiger partial charge on any atom is 0.131 e. The smallest absolute Gasteiger partial charge is 0.131 e. The van der Waals surface area contributed by atoms with Crippen LogP contribution in [0.2, 0.25) is 5.02 Å². The van der Waals surface area contributed by atoms with Crippen molar-refractivity contribution in [3.05, 3.63) is 58.6 Å². The van der Waals surface area contributed by atoms with E-state index in [9.17, 15) is 0 Å². The summed E-state index contributed by atoms with van der Waals surface area (Å²) in [6.07, 6.45) is 2.58. The first-order valence-corrected chi connectivity index (χ1v) is 7.35. The van der Waals surface area contributed by atoms with Crippen LogP contribution in [0.4, 0.5) is 0 Å². The first-order valence-electron chi connectivity index (χ1n) is 6.97. The fraction of sp³-hybridized carbons (Fsp3) is 0.294. The van der Waals surface area contributed by atoms with E-state index < -0.39 is 0 Å². The summed E-state index contributed by atoms with van der Waals surface area (Å²) in [7, 11) is 0. The Morgan fingerprint density at radius 2 is 1.95 bits per heavy atom. The van der Waals surface area contributed by atoms with Crippen LogP contribution in [0, 0.1) is 6.92 Å². The van der Waals surface area contributed by atoms with Gasteiger partial charge in [-0.3, -0.25) is 0 Å². The van der Waals surface area contributed by atoms with E-state index in [1.54, 1.807) is 0 Å². The van der Waals surface area contributed by atoms with Crippen molar-refractivity contribution in [3.8, 4) is 11.5 Å². The van der Waals surface area contributed by atoms with Crippen molar-refractivity contribution in [2.45, 2.75) is 32.4 Å². The molecule has 1 aliphatic carbocycles. The van der Waals surface area contributed by atoms with Gasteiger partial charge in [-0.25, -0.2) is 0 Å². The second-order valence-corrected chi connectivity index (χ2v) is 5.71. The summed E-state index contributed by atoms with van der Waals surface area (Å²) >= 11 is 6.04. The van der Waals surface area contributed by atoms with Crippen LogP contribution >= 0.6 is 11.6 Å². The maximum atomic E-state index is 6.05. The van der Waals surface area contributed by atoms with Crippen LogP contribution in [0.15, 0.2) is 42.5 Å². The summed E-state index contributed by atoms with van der Waals surface area (Å²) in [5, 5.41) is 4.21. The zero-order valence-corrected chi connectivity index (χ0v) is 12.3. The van der Waals surface area contributed by atoms with Gasteiger partial charge in [0.05, 0.1) is 0 Å². The molecule has 1 N–H and O–H groups in total. The van der Waals surface area contributed by atoms with Gasteiger partial charge in [0.15, 0.2) is 0 Å². The zero-order valence-electron chi connectivity index (χ0n) is 11.5. The number of benzene rings is 2. The Bertz CT molecular complexity index is 608. The highest BCUT2D eigenvalue weighted by Crippen LogP contribution is 2.30. The van der Waals surface area contributed by atoms with Gasteiger partial charge in [0.25, 0.3) is 0 Å². The number of aryl methyl sites for hydroxylation is 1. The van der Waals surface area contributed by atoms with Crippen LogP contribution in [0.5, 0.6) is 11.5 Å². The minimum Gasteiger partial charge on any atom is -0.457 e. The van der Waals surface area contributed by atoms with Gasteiger partial charge in [0, 0.05) is 23.2 Å². The van der Waals surface area contributed by atoms with E-state index in [0.717, 1.165) is 23.6 Å². The monoisotopic (exact) mass is 287 g/mol. The van der Waals surface area contributed by atoms with Crippen LogP contribution in [0.1, 0.15) is 24.0 Å². The second-order valence-electron chi connectivity index (χ2n) is 5.27. The Labute approximate surface area is 124 Å². The highest BCUT2D eigenvalue weighted by molar-refractivity contribution is 6.30. The molecule has 0 heterocycles. The molecule has 0 bridgehead atoms. The van der Waals surface area contributed by atoms with E-state index in [4.69, 9.17) is 16.3 Å². The first-order chi connectivity index (χ1) is 9.72. The normalized spacial score (nSPS) is 14.3. The molecule has 2 nitrogen and oxygen atoms in total. The number of halogens is 1. The molecular formula is C17H18ClNO. The van der Waals surface area contributed by atoms with Gasteiger partial charge >= 0.3 is 0 Å². The first kappa shape index (κ1) is 13.5. The van der Waals surface area contributed by atoms with Crippen LogP contribution in [0.25, 0.3) is 0 Å².